The molecule has 43 heavy (non-hydrogen) atoms. The topological polar surface area (TPSA) is 136 Å². The lowest BCUT2D eigenvalue weighted by Gasteiger charge is -2.29. The summed E-state index contributed by atoms with van der Waals surface area (Å²) in [5, 5.41) is 35.5. The van der Waals surface area contributed by atoms with Crippen molar-refractivity contribution in [3.05, 3.63) is 103 Å². The Kier molecular flexibility index (Phi) is 8.50. The summed E-state index contributed by atoms with van der Waals surface area (Å²) in [5.74, 6) is 0. The van der Waals surface area contributed by atoms with Gasteiger partial charge in [-0.05, 0) is 60.4 Å². The maximum absolute atomic E-state index is 14.2. The van der Waals surface area contributed by atoms with E-state index in [4.69, 9.17) is 0 Å². The minimum absolute atomic E-state index is 0.106. The number of alkyl halides is 6. The van der Waals surface area contributed by atoms with Crippen molar-refractivity contribution in [2.75, 3.05) is 0 Å². The van der Waals surface area contributed by atoms with Crippen LogP contribution in [0.2, 0.25) is 0 Å². The largest absolute Gasteiger partial charge is 0.423 e. The highest BCUT2D eigenvalue weighted by atomic mass is 32.2. The van der Waals surface area contributed by atoms with E-state index in [1.165, 1.54) is 0 Å². The molecule has 2 aliphatic heterocycles. The molecule has 2 heterocycles. The molecule has 0 N–H and O–H groups in total. The molecule has 0 saturated carbocycles. The summed E-state index contributed by atoms with van der Waals surface area (Å²) in [6.45, 7) is 3.23. The Balaban J connectivity index is 1.84. The quantitative estimate of drug-likeness (QED) is 0.147. The third-order valence-electron chi connectivity index (χ3n) is 7.15. The summed E-state index contributed by atoms with van der Waals surface area (Å²) in [6, 6.07) is 5.76. The average molecular weight is 629 g/mol. The lowest BCUT2D eigenvalue weighted by Crippen LogP contribution is -2.37. The van der Waals surface area contributed by atoms with Crippen LogP contribution >= 0.6 is 11.8 Å². The Morgan fingerprint density at radius 3 is 1.37 bits per heavy atom. The van der Waals surface area contributed by atoms with Gasteiger partial charge in [0.1, 0.15) is 0 Å². The molecule has 2 aliphatic rings. The van der Waals surface area contributed by atoms with E-state index in [1.807, 2.05) is 0 Å². The van der Waals surface area contributed by atoms with Crippen LogP contribution in [0.15, 0.2) is 81.4 Å². The van der Waals surface area contributed by atoms with Crippen molar-refractivity contribution < 1.29 is 36.2 Å². The summed E-state index contributed by atoms with van der Waals surface area (Å²) in [4.78, 5) is 22.4. The molecular weight excluding hydrogens is 606 g/mol. The zero-order chi connectivity index (χ0) is 31.8. The molecule has 0 amide bonds. The molecule has 10 nitrogen and oxygen atoms in total. The van der Waals surface area contributed by atoms with Crippen LogP contribution in [-0.4, -0.2) is 22.2 Å². The van der Waals surface area contributed by atoms with E-state index in [0.29, 0.717) is 0 Å². The first kappa shape index (κ1) is 31.8. The monoisotopic (exact) mass is 628 g/mol. The molecule has 4 unspecified atom stereocenters. The van der Waals surface area contributed by atoms with Gasteiger partial charge in [0, 0.05) is 46.2 Å². The van der Waals surface area contributed by atoms with Gasteiger partial charge in [-0.15, -0.1) is 11.8 Å². The van der Waals surface area contributed by atoms with E-state index in [1.54, 1.807) is 13.8 Å². The Hall–Kier alpha value is -4.15. The van der Waals surface area contributed by atoms with Crippen LogP contribution < -0.4 is 0 Å². The van der Waals surface area contributed by atoms with Crippen LogP contribution in [-0.2, 0) is 11.1 Å². The normalized spacial score (nSPS) is 22.7. The van der Waals surface area contributed by atoms with Crippen molar-refractivity contribution >= 4 is 23.1 Å². The number of hydrogen-bond donors (Lipinski definition) is 0. The first-order chi connectivity index (χ1) is 20.1. The SMILES string of the molecule is CCC(SC(CC)c1cc(C2(C(F)(F)F)C=CN=N2)ccc1[N+](=O)[O-])c1cc(C2(C(F)(F)F)C=CN=N2)ccc1[N+](=O)[O-]. The second-order valence-electron chi connectivity index (χ2n) is 9.58. The van der Waals surface area contributed by atoms with Gasteiger partial charge in [-0.2, -0.15) is 46.8 Å². The third-order valence-corrected chi connectivity index (χ3v) is 8.98. The molecule has 4 atom stereocenters. The molecule has 0 spiro atoms. The van der Waals surface area contributed by atoms with Crippen molar-refractivity contribution in [2.45, 2.75) is 60.6 Å². The molecule has 0 aliphatic carbocycles. The minimum Gasteiger partial charge on any atom is -0.258 e. The van der Waals surface area contributed by atoms with Crippen molar-refractivity contribution in [3.8, 4) is 0 Å². The molecule has 0 radical (unpaired) electrons. The van der Waals surface area contributed by atoms with Crippen LogP contribution in [0, 0.1) is 20.2 Å². The molecular formula is C26H22F6N6O4S. The number of thioether (sulfide) groups is 1. The molecule has 0 saturated heterocycles. The molecule has 0 aromatic heterocycles. The van der Waals surface area contributed by atoms with Crippen LogP contribution in [0.4, 0.5) is 37.7 Å². The van der Waals surface area contributed by atoms with E-state index < -0.39 is 66.3 Å². The fraction of sp³-hybridized carbons (Fsp3) is 0.385. The number of rotatable bonds is 10. The zero-order valence-corrected chi connectivity index (χ0v) is 23.2. The van der Waals surface area contributed by atoms with Gasteiger partial charge in [-0.25, -0.2) is 0 Å². The number of nitro benzene ring substituents is 2. The Morgan fingerprint density at radius 2 is 1.12 bits per heavy atom. The van der Waals surface area contributed by atoms with Crippen LogP contribution in [0.3, 0.4) is 0 Å². The van der Waals surface area contributed by atoms with Crippen LogP contribution in [0.25, 0.3) is 0 Å². The molecule has 4 rings (SSSR count). The fourth-order valence-corrected chi connectivity index (χ4v) is 6.40. The van der Waals surface area contributed by atoms with Gasteiger partial charge in [-0.3, -0.25) is 20.2 Å². The van der Waals surface area contributed by atoms with E-state index in [0.717, 1.165) is 72.7 Å². The third kappa shape index (κ3) is 5.52. The predicted octanol–water partition coefficient (Wildman–Crippen LogP) is 9.31. The lowest BCUT2D eigenvalue weighted by atomic mass is 9.88. The van der Waals surface area contributed by atoms with E-state index >= 15 is 0 Å². The molecule has 17 heteroatoms. The van der Waals surface area contributed by atoms with Gasteiger partial charge in [0.2, 0.25) is 11.1 Å². The summed E-state index contributed by atoms with van der Waals surface area (Å²) in [5.41, 5.74) is -7.79. The van der Waals surface area contributed by atoms with Crippen molar-refractivity contribution in [1.82, 2.24) is 0 Å². The fourth-order valence-electron chi connectivity index (χ4n) is 4.94. The Morgan fingerprint density at radius 1 is 0.744 bits per heavy atom. The molecule has 2 aromatic rings. The van der Waals surface area contributed by atoms with Gasteiger partial charge < -0.3 is 0 Å². The van der Waals surface area contributed by atoms with E-state index in [-0.39, 0.29) is 24.0 Å². The second-order valence-corrected chi connectivity index (χ2v) is 11.0. The molecule has 0 fully saturated rings. The lowest BCUT2D eigenvalue weighted by molar-refractivity contribution is -0.385. The number of hydrogen-bond acceptors (Lipinski definition) is 9. The van der Waals surface area contributed by atoms with E-state index in [2.05, 4.69) is 20.5 Å². The van der Waals surface area contributed by atoms with Gasteiger partial charge >= 0.3 is 12.4 Å². The van der Waals surface area contributed by atoms with Crippen LogP contribution in [0.1, 0.15) is 59.4 Å². The summed E-state index contributed by atoms with van der Waals surface area (Å²) in [6.07, 6.45) is -6.43. The molecule has 228 valence electrons. The van der Waals surface area contributed by atoms with Crippen molar-refractivity contribution in [2.24, 2.45) is 20.5 Å². The Labute approximate surface area is 244 Å². The first-order valence-corrected chi connectivity index (χ1v) is 13.6. The first-order valence-electron chi connectivity index (χ1n) is 12.7. The average Bonchev–Trinajstić information content (AvgIpc) is 3.65. The highest BCUT2D eigenvalue weighted by molar-refractivity contribution is 7.99. The van der Waals surface area contributed by atoms with E-state index in [9.17, 15) is 46.6 Å². The number of halogens is 6. The smallest absolute Gasteiger partial charge is 0.258 e. The summed E-state index contributed by atoms with van der Waals surface area (Å²) < 4.78 is 84.9. The maximum Gasteiger partial charge on any atom is 0.423 e. The molecule has 2 aromatic carbocycles. The standard InChI is InChI=1S/C26H22F6N6O4S/c1-3-21(17-13-15(5-7-19(17)37(39)40)23(25(27,28)29)9-11-33-35-23)43-22(4-2)18-14-16(6-8-20(18)38(41)42)24(26(30,31)32)10-12-34-36-24/h5-14,21-22H,3-4H2,1-2H3. The zero-order valence-electron chi connectivity index (χ0n) is 22.3. The second kappa shape index (κ2) is 11.5. The minimum atomic E-state index is -4.93. The van der Waals surface area contributed by atoms with Gasteiger partial charge in [0.15, 0.2) is 0 Å². The van der Waals surface area contributed by atoms with Crippen molar-refractivity contribution in [3.63, 3.8) is 0 Å². The summed E-state index contributed by atoms with van der Waals surface area (Å²) >= 11 is 0.959. The highest BCUT2D eigenvalue weighted by Gasteiger charge is 2.58. The maximum atomic E-state index is 14.2. The van der Waals surface area contributed by atoms with Gasteiger partial charge in [0.05, 0.1) is 9.85 Å². The van der Waals surface area contributed by atoms with Gasteiger partial charge in [0.25, 0.3) is 11.4 Å². The Bertz CT molecular complexity index is 1420. The molecule has 0 bridgehead atoms. The highest BCUT2D eigenvalue weighted by Crippen LogP contribution is 2.53. The van der Waals surface area contributed by atoms with Crippen molar-refractivity contribution in [1.29, 1.82) is 0 Å². The summed E-state index contributed by atoms with van der Waals surface area (Å²) in [7, 11) is 0. The number of nitrogens with zero attached hydrogens (tertiary/aromatic N) is 6. The van der Waals surface area contributed by atoms with Crippen LogP contribution in [0.5, 0.6) is 0 Å². The predicted molar refractivity (Wildman–Crippen MR) is 143 cm³/mol. The number of azo groups is 2. The van der Waals surface area contributed by atoms with Gasteiger partial charge in [-0.1, -0.05) is 13.8 Å². The number of benzene rings is 2. The number of nitro groups is 2.